The highest BCUT2D eigenvalue weighted by Crippen LogP contribution is 2.29. The smallest absolute Gasteiger partial charge is 0.238 e. The van der Waals surface area contributed by atoms with Gasteiger partial charge in [0.1, 0.15) is 0 Å². The lowest BCUT2D eigenvalue weighted by Crippen LogP contribution is -2.34. The highest BCUT2D eigenvalue weighted by Gasteiger charge is 2.34. The molecule has 1 atom stereocenters. The van der Waals surface area contributed by atoms with Gasteiger partial charge in [0.2, 0.25) is 17.6 Å². The first-order valence-electron chi connectivity index (χ1n) is 7.44. The third kappa shape index (κ3) is 3.92. The summed E-state index contributed by atoms with van der Waals surface area (Å²) in [5.74, 6) is 1.51. The summed E-state index contributed by atoms with van der Waals surface area (Å²) in [5, 5.41) is 3.85. The molecule has 0 spiro atoms. The van der Waals surface area contributed by atoms with E-state index in [1.807, 2.05) is 4.90 Å². The van der Waals surface area contributed by atoms with Gasteiger partial charge in [-0.2, -0.15) is 4.98 Å². The minimum absolute atomic E-state index is 0. The first kappa shape index (κ1) is 17.5. The molecule has 1 amide bonds. The van der Waals surface area contributed by atoms with Crippen LogP contribution in [-0.4, -0.2) is 40.6 Å². The van der Waals surface area contributed by atoms with Crippen LogP contribution in [0.25, 0.3) is 11.6 Å². The van der Waals surface area contributed by atoms with Crippen molar-refractivity contribution in [2.24, 2.45) is 11.1 Å². The molecule has 2 aromatic heterocycles. The van der Waals surface area contributed by atoms with E-state index in [2.05, 4.69) is 17.1 Å². The van der Waals surface area contributed by atoms with Crippen molar-refractivity contribution < 1.29 is 13.7 Å². The second-order valence-electron chi connectivity index (χ2n) is 6.07. The van der Waals surface area contributed by atoms with Crippen molar-refractivity contribution in [3.63, 3.8) is 0 Å². The van der Waals surface area contributed by atoms with Gasteiger partial charge in [-0.05, 0) is 30.5 Å². The summed E-state index contributed by atoms with van der Waals surface area (Å²) in [6.07, 6.45) is 3.30. The van der Waals surface area contributed by atoms with Crippen molar-refractivity contribution in [2.75, 3.05) is 19.6 Å². The summed E-state index contributed by atoms with van der Waals surface area (Å²) >= 11 is 0. The third-order valence-electron chi connectivity index (χ3n) is 4.17. The molecule has 0 aliphatic carbocycles. The van der Waals surface area contributed by atoms with Crippen molar-refractivity contribution in [3.8, 4) is 11.6 Å². The van der Waals surface area contributed by atoms with Crippen molar-refractivity contribution in [1.82, 2.24) is 15.0 Å². The fraction of sp³-hybridized carbons (Fsp3) is 0.533. The van der Waals surface area contributed by atoms with Gasteiger partial charge < -0.3 is 19.6 Å². The number of furan rings is 1. The fourth-order valence-electron chi connectivity index (χ4n) is 2.64. The third-order valence-corrected chi connectivity index (χ3v) is 4.17. The average molecular weight is 341 g/mol. The maximum absolute atomic E-state index is 12.2. The van der Waals surface area contributed by atoms with Crippen molar-refractivity contribution >= 4 is 18.3 Å². The molecule has 126 valence electrons. The number of hydrogen-bond donors (Lipinski definition) is 1. The second-order valence-corrected chi connectivity index (χ2v) is 6.07. The highest BCUT2D eigenvalue weighted by molar-refractivity contribution is 5.85. The van der Waals surface area contributed by atoms with E-state index in [-0.39, 0.29) is 23.7 Å². The molecule has 0 bridgehead atoms. The van der Waals surface area contributed by atoms with E-state index in [9.17, 15) is 4.79 Å². The molecule has 1 unspecified atom stereocenters. The number of rotatable bonds is 5. The molecule has 0 saturated carbocycles. The van der Waals surface area contributed by atoms with E-state index in [0.717, 1.165) is 19.5 Å². The summed E-state index contributed by atoms with van der Waals surface area (Å²) in [6.45, 7) is 4.22. The number of amides is 1. The summed E-state index contributed by atoms with van der Waals surface area (Å²) in [7, 11) is 0. The normalized spacial score (nSPS) is 20.5. The largest absolute Gasteiger partial charge is 0.461 e. The van der Waals surface area contributed by atoms with Crippen LogP contribution in [0.15, 0.2) is 27.3 Å². The molecule has 0 aromatic carbocycles. The minimum Gasteiger partial charge on any atom is -0.461 e. The Morgan fingerprint density at radius 3 is 3.00 bits per heavy atom. The number of nitrogens with two attached hydrogens (primary N) is 1. The summed E-state index contributed by atoms with van der Waals surface area (Å²) < 4.78 is 10.4. The molecule has 23 heavy (non-hydrogen) atoms. The fourth-order valence-corrected chi connectivity index (χ4v) is 2.64. The summed E-state index contributed by atoms with van der Waals surface area (Å²) in [5.41, 5.74) is 5.81. The van der Waals surface area contributed by atoms with E-state index >= 15 is 0 Å². The maximum atomic E-state index is 12.2. The van der Waals surface area contributed by atoms with Crippen molar-refractivity contribution in [2.45, 2.75) is 26.2 Å². The Hall–Kier alpha value is -1.86. The average Bonchev–Trinajstić information content (AvgIpc) is 3.25. The molecule has 1 aliphatic rings. The Labute approximate surface area is 140 Å². The van der Waals surface area contributed by atoms with Gasteiger partial charge in [-0.15, -0.1) is 12.4 Å². The zero-order chi connectivity index (χ0) is 15.6. The number of aromatic nitrogens is 2. The summed E-state index contributed by atoms with van der Waals surface area (Å²) in [4.78, 5) is 18.3. The van der Waals surface area contributed by atoms with Gasteiger partial charge in [-0.3, -0.25) is 4.79 Å². The Morgan fingerprint density at radius 2 is 2.35 bits per heavy atom. The number of nitrogens with zero attached hydrogens (tertiary/aromatic N) is 3. The maximum Gasteiger partial charge on any atom is 0.238 e. The molecule has 1 aliphatic heterocycles. The first-order chi connectivity index (χ1) is 10.6. The van der Waals surface area contributed by atoms with E-state index in [1.54, 1.807) is 18.4 Å². The van der Waals surface area contributed by atoms with Crippen LogP contribution in [0.5, 0.6) is 0 Å². The van der Waals surface area contributed by atoms with Crippen LogP contribution in [0.4, 0.5) is 0 Å². The number of halogens is 1. The standard InChI is InChI=1S/C15H20N4O3.ClH/c1-15(9-16)6-7-19(10-15)13(20)5-4-12-17-14(18-22-12)11-3-2-8-21-11;/h2-3,8H,4-7,9-10,16H2,1H3;1H. The van der Waals surface area contributed by atoms with Gasteiger partial charge in [0.15, 0.2) is 5.76 Å². The molecule has 1 saturated heterocycles. The molecule has 2 N–H and O–H groups in total. The minimum atomic E-state index is 0. The molecular weight excluding hydrogens is 320 g/mol. The number of hydrogen-bond acceptors (Lipinski definition) is 6. The van der Waals surface area contributed by atoms with Gasteiger partial charge in [0, 0.05) is 25.9 Å². The van der Waals surface area contributed by atoms with E-state index < -0.39 is 0 Å². The predicted molar refractivity (Wildman–Crippen MR) is 85.9 cm³/mol. The van der Waals surface area contributed by atoms with Gasteiger partial charge in [0.25, 0.3) is 0 Å². The number of aryl methyl sites for hydroxylation is 1. The Morgan fingerprint density at radius 1 is 1.52 bits per heavy atom. The van der Waals surface area contributed by atoms with Crippen LogP contribution in [0.2, 0.25) is 0 Å². The van der Waals surface area contributed by atoms with Crippen LogP contribution in [0.3, 0.4) is 0 Å². The highest BCUT2D eigenvalue weighted by atomic mass is 35.5. The lowest BCUT2D eigenvalue weighted by molar-refractivity contribution is -0.130. The molecule has 0 radical (unpaired) electrons. The van der Waals surface area contributed by atoms with Crippen molar-refractivity contribution in [1.29, 1.82) is 0 Å². The number of likely N-dealkylation sites (tertiary alicyclic amines) is 1. The monoisotopic (exact) mass is 340 g/mol. The number of carbonyl (C=O) groups excluding carboxylic acids is 1. The molecule has 3 rings (SSSR count). The molecule has 7 nitrogen and oxygen atoms in total. The van der Waals surface area contributed by atoms with Crippen LogP contribution >= 0.6 is 12.4 Å². The molecular formula is C15H21ClN4O3. The lowest BCUT2D eigenvalue weighted by atomic mass is 9.90. The zero-order valence-electron chi connectivity index (χ0n) is 13.0. The van der Waals surface area contributed by atoms with Crippen LogP contribution in [-0.2, 0) is 11.2 Å². The van der Waals surface area contributed by atoms with E-state index in [0.29, 0.717) is 36.9 Å². The second kappa shape index (κ2) is 7.14. The van der Waals surface area contributed by atoms with Crippen molar-refractivity contribution in [3.05, 3.63) is 24.3 Å². The summed E-state index contributed by atoms with van der Waals surface area (Å²) in [6, 6.07) is 3.52. The van der Waals surface area contributed by atoms with Gasteiger partial charge >= 0.3 is 0 Å². The van der Waals surface area contributed by atoms with Crippen LogP contribution < -0.4 is 5.73 Å². The first-order valence-corrected chi connectivity index (χ1v) is 7.44. The van der Waals surface area contributed by atoms with Gasteiger partial charge in [-0.1, -0.05) is 12.1 Å². The van der Waals surface area contributed by atoms with E-state index in [4.69, 9.17) is 14.7 Å². The van der Waals surface area contributed by atoms with Crippen LogP contribution in [0, 0.1) is 5.41 Å². The number of carbonyl (C=O) groups is 1. The zero-order valence-corrected chi connectivity index (χ0v) is 13.8. The molecule has 3 heterocycles. The SMILES string of the molecule is CC1(CN)CCN(C(=O)CCc2nc(-c3ccco3)no2)C1.Cl. The molecule has 8 heteroatoms. The van der Waals surface area contributed by atoms with Gasteiger partial charge in [0.05, 0.1) is 6.26 Å². The topological polar surface area (TPSA) is 98.4 Å². The Bertz CT molecular complexity index is 643. The van der Waals surface area contributed by atoms with Gasteiger partial charge in [-0.25, -0.2) is 0 Å². The lowest BCUT2D eigenvalue weighted by Gasteiger charge is -2.22. The van der Waals surface area contributed by atoms with Crippen LogP contribution in [0.1, 0.15) is 25.7 Å². The Kier molecular flexibility index (Phi) is 5.43. The quantitative estimate of drug-likeness (QED) is 0.892. The molecule has 2 aromatic rings. The molecule has 1 fully saturated rings. The van der Waals surface area contributed by atoms with E-state index in [1.165, 1.54) is 0 Å². The Balaban J connectivity index is 0.00000192. The predicted octanol–water partition coefficient (Wildman–Crippen LogP) is 1.88.